The molecule has 0 radical (unpaired) electrons. The van der Waals surface area contributed by atoms with Gasteiger partial charge in [-0.1, -0.05) is 59.6 Å². The Hall–Kier alpha value is -2.03. The fraction of sp³-hybridized carbons (Fsp3) is 0.136. The smallest absolute Gasteiger partial charge is 0.243 e. The van der Waals surface area contributed by atoms with Gasteiger partial charge >= 0.3 is 0 Å². The van der Waals surface area contributed by atoms with Gasteiger partial charge in [-0.05, 0) is 48.2 Å². The van der Waals surface area contributed by atoms with Crippen molar-refractivity contribution in [3.8, 4) is 0 Å². The van der Waals surface area contributed by atoms with Crippen LogP contribution in [-0.4, -0.2) is 31.4 Å². The highest BCUT2D eigenvalue weighted by molar-refractivity contribution is 7.98. The first kappa shape index (κ1) is 23.6. The summed E-state index contributed by atoms with van der Waals surface area (Å²) in [6, 6.07) is 20.1. The Morgan fingerprint density at radius 2 is 1.68 bits per heavy atom. The summed E-state index contributed by atoms with van der Waals surface area (Å²) in [5.74, 6) is -0.453. The van der Waals surface area contributed by atoms with Gasteiger partial charge in [0.05, 0.1) is 17.1 Å². The van der Waals surface area contributed by atoms with Gasteiger partial charge in [0.15, 0.2) is 0 Å². The van der Waals surface area contributed by atoms with Gasteiger partial charge in [0.2, 0.25) is 15.9 Å². The lowest BCUT2D eigenvalue weighted by atomic mass is 10.2. The Kier molecular flexibility index (Phi) is 8.02. The van der Waals surface area contributed by atoms with Crippen LogP contribution in [0.4, 0.5) is 5.69 Å². The predicted octanol–water partition coefficient (Wildman–Crippen LogP) is 5.54. The van der Waals surface area contributed by atoms with Gasteiger partial charge in [0.25, 0.3) is 0 Å². The lowest BCUT2D eigenvalue weighted by Gasteiger charge is -2.23. The highest BCUT2D eigenvalue weighted by Gasteiger charge is 2.27. The molecule has 3 aromatic carbocycles. The molecule has 0 saturated heterocycles. The Balaban J connectivity index is 1.91. The second-order valence-electron chi connectivity index (χ2n) is 6.57. The quantitative estimate of drug-likeness (QED) is 0.417. The number of hydrogen-bond acceptors (Lipinski definition) is 4. The van der Waals surface area contributed by atoms with E-state index < -0.39 is 15.9 Å². The highest BCUT2D eigenvalue weighted by Crippen LogP contribution is 2.27. The molecule has 0 aliphatic heterocycles. The van der Waals surface area contributed by atoms with Crippen molar-refractivity contribution in [2.75, 3.05) is 18.1 Å². The molecule has 0 aromatic heterocycles. The molecule has 0 aliphatic carbocycles. The predicted molar refractivity (Wildman–Crippen MR) is 127 cm³/mol. The number of thioether (sulfide) groups is 1. The van der Waals surface area contributed by atoms with E-state index in [0.717, 1.165) is 9.20 Å². The zero-order chi connectivity index (χ0) is 22.4. The number of sulfonamides is 1. The molecule has 9 heteroatoms. The lowest BCUT2D eigenvalue weighted by molar-refractivity contribution is -0.116. The van der Waals surface area contributed by atoms with Crippen molar-refractivity contribution in [1.29, 1.82) is 0 Å². The first-order valence-corrected chi connectivity index (χ1v) is 12.7. The normalized spacial score (nSPS) is 11.5. The molecule has 0 spiro atoms. The number of nitrogens with one attached hydrogen (secondary N) is 1. The zero-order valence-electron chi connectivity index (χ0n) is 16.6. The SMILES string of the molecule is CSc1ccccc1NC(=O)CN(Cc1ccc(Cl)cc1Cl)S(=O)(=O)c1ccccc1. The number of carbonyl (C=O) groups is 1. The molecular formula is C22H20Cl2N2O3S2. The second-order valence-corrected chi connectivity index (χ2v) is 10.2. The fourth-order valence-corrected chi connectivity index (χ4v) is 5.32. The Morgan fingerprint density at radius 1 is 1.00 bits per heavy atom. The minimum Gasteiger partial charge on any atom is -0.324 e. The van der Waals surface area contributed by atoms with E-state index in [1.165, 1.54) is 23.9 Å². The van der Waals surface area contributed by atoms with E-state index >= 15 is 0 Å². The van der Waals surface area contributed by atoms with Crippen LogP contribution in [0.5, 0.6) is 0 Å². The van der Waals surface area contributed by atoms with Crippen molar-refractivity contribution < 1.29 is 13.2 Å². The number of anilines is 1. The van der Waals surface area contributed by atoms with Crippen molar-refractivity contribution >= 4 is 56.6 Å². The molecule has 162 valence electrons. The molecule has 0 fully saturated rings. The maximum Gasteiger partial charge on any atom is 0.243 e. The maximum absolute atomic E-state index is 13.3. The van der Waals surface area contributed by atoms with E-state index in [0.29, 0.717) is 21.3 Å². The number of rotatable bonds is 8. The van der Waals surface area contributed by atoms with Crippen molar-refractivity contribution in [3.63, 3.8) is 0 Å². The minimum atomic E-state index is -3.95. The summed E-state index contributed by atoms with van der Waals surface area (Å²) in [6.07, 6.45) is 1.90. The lowest BCUT2D eigenvalue weighted by Crippen LogP contribution is -2.37. The topological polar surface area (TPSA) is 66.5 Å². The fourth-order valence-electron chi connectivity index (χ4n) is 2.91. The van der Waals surface area contributed by atoms with Gasteiger partial charge in [0.1, 0.15) is 0 Å². The van der Waals surface area contributed by atoms with Crippen molar-refractivity contribution in [2.45, 2.75) is 16.3 Å². The summed E-state index contributed by atoms with van der Waals surface area (Å²) in [5, 5.41) is 3.57. The minimum absolute atomic E-state index is 0.0785. The average Bonchev–Trinajstić information content (AvgIpc) is 2.76. The average molecular weight is 495 g/mol. The van der Waals surface area contributed by atoms with Crippen molar-refractivity contribution in [3.05, 3.63) is 88.4 Å². The van der Waals surface area contributed by atoms with Gasteiger partial charge in [-0.25, -0.2) is 8.42 Å². The molecular weight excluding hydrogens is 475 g/mol. The molecule has 31 heavy (non-hydrogen) atoms. The zero-order valence-corrected chi connectivity index (χ0v) is 19.7. The maximum atomic E-state index is 13.3. The summed E-state index contributed by atoms with van der Waals surface area (Å²) in [4.78, 5) is 13.8. The van der Waals surface area contributed by atoms with Crippen LogP contribution in [0.1, 0.15) is 5.56 Å². The van der Waals surface area contributed by atoms with E-state index in [4.69, 9.17) is 23.2 Å². The first-order valence-electron chi connectivity index (χ1n) is 9.23. The number of benzene rings is 3. The van der Waals surface area contributed by atoms with Crippen molar-refractivity contribution in [1.82, 2.24) is 4.31 Å². The van der Waals surface area contributed by atoms with Crippen molar-refractivity contribution in [2.24, 2.45) is 0 Å². The number of amides is 1. The molecule has 0 heterocycles. The third-order valence-corrected chi connectivity index (χ3v) is 7.63. The van der Waals surface area contributed by atoms with Crippen LogP contribution in [-0.2, 0) is 21.4 Å². The molecule has 0 aliphatic rings. The molecule has 0 saturated carbocycles. The summed E-state index contributed by atoms with van der Waals surface area (Å²) in [5.41, 5.74) is 1.17. The highest BCUT2D eigenvalue weighted by atomic mass is 35.5. The van der Waals surface area contributed by atoms with Gasteiger partial charge in [-0.3, -0.25) is 4.79 Å². The van der Waals surface area contributed by atoms with E-state index in [1.54, 1.807) is 48.5 Å². The van der Waals surface area contributed by atoms with Crippen LogP contribution >= 0.6 is 35.0 Å². The van der Waals surface area contributed by atoms with E-state index in [-0.39, 0.29) is 18.0 Å². The largest absolute Gasteiger partial charge is 0.324 e. The third kappa shape index (κ3) is 6.02. The van der Waals surface area contributed by atoms with Gasteiger partial charge in [-0.2, -0.15) is 4.31 Å². The van der Waals surface area contributed by atoms with Crippen LogP contribution in [0.15, 0.2) is 82.6 Å². The van der Waals surface area contributed by atoms with Gasteiger partial charge < -0.3 is 5.32 Å². The summed E-state index contributed by atoms with van der Waals surface area (Å²) >= 11 is 13.7. The molecule has 1 amide bonds. The monoisotopic (exact) mass is 494 g/mol. The van der Waals surface area contributed by atoms with E-state index in [2.05, 4.69) is 5.32 Å². The molecule has 0 unspecified atom stereocenters. The van der Waals surface area contributed by atoms with Crippen LogP contribution in [0.2, 0.25) is 10.0 Å². The molecule has 3 rings (SSSR count). The summed E-state index contributed by atoms with van der Waals surface area (Å²) in [7, 11) is -3.95. The molecule has 1 N–H and O–H groups in total. The number of halogens is 2. The van der Waals surface area contributed by atoms with Crippen LogP contribution in [0.25, 0.3) is 0 Å². The Morgan fingerprint density at radius 3 is 2.35 bits per heavy atom. The Bertz CT molecular complexity index is 1170. The number of para-hydroxylation sites is 1. The summed E-state index contributed by atoms with van der Waals surface area (Å²) < 4.78 is 27.7. The Labute approximate surface area is 196 Å². The molecule has 0 atom stereocenters. The van der Waals surface area contributed by atoms with E-state index in [9.17, 15) is 13.2 Å². The molecule has 0 bridgehead atoms. The standard InChI is InChI=1S/C22H20Cl2N2O3S2/c1-30-21-10-6-5-9-20(21)25-22(27)15-26(14-16-11-12-17(23)13-19(16)24)31(28,29)18-7-3-2-4-8-18/h2-13H,14-15H2,1H3,(H,25,27). The number of hydrogen-bond donors (Lipinski definition) is 1. The number of carbonyl (C=O) groups excluding carboxylic acids is 1. The van der Waals surface area contributed by atoms with E-state index in [1.807, 2.05) is 18.4 Å². The molecule has 5 nitrogen and oxygen atoms in total. The molecule has 3 aromatic rings. The second kappa shape index (κ2) is 10.5. The summed E-state index contributed by atoms with van der Waals surface area (Å²) in [6.45, 7) is -0.455. The van der Waals surface area contributed by atoms with Crippen LogP contribution < -0.4 is 5.32 Å². The van der Waals surface area contributed by atoms with Gasteiger partial charge in [0, 0.05) is 21.5 Å². The van der Waals surface area contributed by atoms with Gasteiger partial charge in [-0.15, -0.1) is 11.8 Å². The number of nitrogens with zero attached hydrogens (tertiary/aromatic N) is 1. The van der Waals surface area contributed by atoms with Crippen LogP contribution in [0.3, 0.4) is 0 Å². The van der Waals surface area contributed by atoms with Crippen LogP contribution in [0, 0.1) is 0 Å². The first-order chi connectivity index (χ1) is 14.8. The third-order valence-electron chi connectivity index (χ3n) is 4.44.